The molecule has 1 saturated carbocycles. The highest BCUT2D eigenvalue weighted by molar-refractivity contribution is 8.00. The minimum atomic E-state index is 0.337. The Bertz CT molecular complexity index is 451. The second-order valence-electron chi connectivity index (χ2n) is 6.21. The average molecular weight is 322 g/mol. The molecule has 1 aromatic heterocycles. The molecule has 2 heterocycles. The van der Waals surface area contributed by atoms with Gasteiger partial charge in [-0.25, -0.2) is 0 Å². The van der Waals surface area contributed by atoms with Crippen LogP contribution < -0.4 is 0 Å². The van der Waals surface area contributed by atoms with Gasteiger partial charge in [0.2, 0.25) is 5.91 Å². The molecule has 2 aliphatic rings. The summed E-state index contributed by atoms with van der Waals surface area (Å²) in [6, 6.07) is 1.96. The van der Waals surface area contributed by atoms with E-state index in [1.165, 1.54) is 25.7 Å². The van der Waals surface area contributed by atoms with Gasteiger partial charge < -0.3 is 4.90 Å². The zero-order chi connectivity index (χ0) is 15.2. The number of carbonyl (C=O) groups excluding carboxylic acids is 1. The van der Waals surface area contributed by atoms with Crippen LogP contribution in [0.5, 0.6) is 0 Å². The van der Waals surface area contributed by atoms with Gasteiger partial charge in [0.15, 0.2) is 0 Å². The molecule has 5 nitrogen and oxygen atoms in total. The third kappa shape index (κ3) is 4.49. The molecule has 1 aromatic rings. The molecule has 1 aliphatic carbocycles. The first-order valence-electron chi connectivity index (χ1n) is 8.40. The first-order chi connectivity index (χ1) is 10.8. The van der Waals surface area contributed by atoms with Crippen LogP contribution in [-0.4, -0.2) is 69.2 Å². The van der Waals surface area contributed by atoms with Gasteiger partial charge in [-0.3, -0.25) is 14.4 Å². The summed E-state index contributed by atoms with van der Waals surface area (Å²) in [4.78, 5) is 16.8. The molecular weight excluding hydrogens is 296 g/mol. The Kier molecular flexibility index (Phi) is 5.78. The molecule has 1 saturated heterocycles. The van der Waals surface area contributed by atoms with Crippen LogP contribution in [-0.2, 0) is 11.3 Å². The van der Waals surface area contributed by atoms with Crippen molar-refractivity contribution >= 4 is 17.7 Å². The van der Waals surface area contributed by atoms with E-state index in [9.17, 15) is 4.79 Å². The van der Waals surface area contributed by atoms with E-state index >= 15 is 0 Å². The fourth-order valence-electron chi connectivity index (χ4n) is 3.23. The molecule has 0 N–H and O–H groups in total. The van der Waals surface area contributed by atoms with E-state index in [2.05, 4.69) is 10.00 Å². The van der Waals surface area contributed by atoms with Crippen molar-refractivity contribution in [3.63, 3.8) is 0 Å². The molecule has 2 fully saturated rings. The topological polar surface area (TPSA) is 41.4 Å². The van der Waals surface area contributed by atoms with Gasteiger partial charge in [-0.1, -0.05) is 12.8 Å². The number of aromatic nitrogens is 2. The van der Waals surface area contributed by atoms with Crippen molar-refractivity contribution < 1.29 is 4.79 Å². The quantitative estimate of drug-likeness (QED) is 0.799. The Morgan fingerprint density at radius 1 is 1.14 bits per heavy atom. The zero-order valence-corrected chi connectivity index (χ0v) is 14.0. The van der Waals surface area contributed by atoms with Gasteiger partial charge in [-0.05, 0) is 18.9 Å². The van der Waals surface area contributed by atoms with Crippen LogP contribution in [0, 0.1) is 0 Å². The lowest BCUT2D eigenvalue weighted by molar-refractivity contribution is -0.130. The van der Waals surface area contributed by atoms with E-state index in [0.29, 0.717) is 11.7 Å². The first kappa shape index (κ1) is 15.9. The molecule has 6 heteroatoms. The Morgan fingerprint density at radius 2 is 1.91 bits per heavy atom. The van der Waals surface area contributed by atoms with Crippen LogP contribution in [0.15, 0.2) is 18.5 Å². The second-order valence-corrected chi connectivity index (χ2v) is 7.50. The van der Waals surface area contributed by atoms with Crippen LogP contribution in [0.1, 0.15) is 25.7 Å². The number of carbonyl (C=O) groups is 1. The number of amides is 1. The zero-order valence-electron chi connectivity index (χ0n) is 13.2. The van der Waals surface area contributed by atoms with Crippen LogP contribution in [0.3, 0.4) is 0 Å². The molecule has 0 aromatic carbocycles. The van der Waals surface area contributed by atoms with E-state index in [0.717, 1.165) is 44.5 Å². The molecule has 1 amide bonds. The molecule has 22 heavy (non-hydrogen) atoms. The fourth-order valence-corrected chi connectivity index (χ4v) is 4.46. The van der Waals surface area contributed by atoms with Crippen LogP contribution in [0.25, 0.3) is 0 Å². The molecular formula is C16H26N4OS. The average Bonchev–Trinajstić information content (AvgIpc) is 3.24. The number of rotatable bonds is 6. The molecule has 0 bridgehead atoms. The van der Waals surface area contributed by atoms with Crippen LogP contribution in [0.2, 0.25) is 0 Å². The predicted molar refractivity (Wildman–Crippen MR) is 90.0 cm³/mol. The third-order valence-corrected chi connectivity index (χ3v) is 6.03. The molecule has 0 spiro atoms. The highest BCUT2D eigenvalue weighted by Crippen LogP contribution is 2.29. The van der Waals surface area contributed by atoms with E-state index in [1.807, 2.05) is 39.8 Å². The van der Waals surface area contributed by atoms with Crippen LogP contribution in [0.4, 0.5) is 0 Å². The third-order valence-electron chi connectivity index (χ3n) is 4.67. The lowest BCUT2D eigenvalue weighted by Gasteiger charge is -2.34. The number of thioether (sulfide) groups is 1. The van der Waals surface area contributed by atoms with Gasteiger partial charge in [-0.15, -0.1) is 11.8 Å². The van der Waals surface area contributed by atoms with Gasteiger partial charge >= 0.3 is 0 Å². The minimum absolute atomic E-state index is 0.337. The fraction of sp³-hybridized carbons (Fsp3) is 0.750. The van der Waals surface area contributed by atoms with Gasteiger partial charge in [0, 0.05) is 50.4 Å². The number of hydrogen-bond acceptors (Lipinski definition) is 4. The van der Waals surface area contributed by atoms with Crippen LogP contribution >= 0.6 is 11.8 Å². The standard InChI is InChI=1S/C16H26N4OS/c21-16(14-22-15-4-1-2-5-15)19-11-8-18(9-12-19)10-13-20-7-3-6-17-20/h3,6-7,15H,1-2,4-5,8-14H2. The lowest BCUT2D eigenvalue weighted by Crippen LogP contribution is -2.49. The minimum Gasteiger partial charge on any atom is -0.339 e. The summed E-state index contributed by atoms with van der Waals surface area (Å²) in [5.74, 6) is 1.02. The van der Waals surface area contributed by atoms with E-state index in [4.69, 9.17) is 0 Å². The summed E-state index contributed by atoms with van der Waals surface area (Å²) in [6.07, 6.45) is 9.12. The Labute approximate surface area is 137 Å². The number of nitrogens with zero attached hydrogens (tertiary/aromatic N) is 4. The van der Waals surface area contributed by atoms with E-state index in [1.54, 1.807) is 0 Å². The summed E-state index contributed by atoms with van der Waals surface area (Å²) in [5.41, 5.74) is 0. The molecule has 3 rings (SSSR count). The summed E-state index contributed by atoms with van der Waals surface area (Å²) < 4.78 is 1.97. The SMILES string of the molecule is O=C(CSC1CCCC1)N1CCN(CCn2cccn2)CC1. The van der Waals surface area contributed by atoms with Gasteiger partial charge in [0.05, 0.1) is 12.3 Å². The Balaban J connectivity index is 1.33. The summed E-state index contributed by atoms with van der Waals surface area (Å²) >= 11 is 1.88. The maximum atomic E-state index is 12.3. The monoisotopic (exact) mass is 322 g/mol. The van der Waals surface area contributed by atoms with E-state index < -0.39 is 0 Å². The predicted octanol–water partition coefficient (Wildman–Crippen LogP) is 1.70. The maximum absolute atomic E-state index is 12.3. The molecule has 1 aliphatic heterocycles. The summed E-state index contributed by atoms with van der Waals surface area (Å²) in [6.45, 7) is 5.67. The lowest BCUT2D eigenvalue weighted by atomic mass is 10.3. The normalized spacial score (nSPS) is 20.6. The van der Waals surface area contributed by atoms with Crippen molar-refractivity contribution in [1.29, 1.82) is 0 Å². The Morgan fingerprint density at radius 3 is 2.59 bits per heavy atom. The van der Waals surface area contributed by atoms with Gasteiger partial charge in [0.25, 0.3) is 0 Å². The van der Waals surface area contributed by atoms with Crippen molar-refractivity contribution in [2.45, 2.75) is 37.5 Å². The molecule has 0 atom stereocenters. The largest absolute Gasteiger partial charge is 0.339 e. The summed E-state index contributed by atoms with van der Waals surface area (Å²) in [5, 5.41) is 4.96. The first-order valence-corrected chi connectivity index (χ1v) is 9.45. The van der Waals surface area contributed by atoms with Gasteiger partial charge in [-0.2, -0.15) is 5.10 Å². The van der Waals surface area contributed by atoms with Crippen molar-refractivity contribution in [3.8, 4) is 0 Å². The number of piperazine rings is 1. The van der Waals surface area contributed by atoms with Crippen molar-refractivity contribution in [1.82, 2.24) is 19.6 Å². The van der Waals surface area contributed by atoms with Gasteiger partial charge in [0.1, 0.15) is 0 Å². The molecule has 0 radical (unpaired) electrons. The van der Waals surface area contributed by atoms with Crippen molar-refractivity contribution in [2.75, 3.05) is 38.5 Å². The van der Waals surface area contributed by atoms with Crippen molar-refractivity contribution in [3.05, 3.63) is 18.5 Å². The molecule has 122 valence electrons. The smallest absolute Gasteiger partial charge is 0.232 e. The summed E-state index contributed by atoms with van der Waals surface area (Å²) in [7, 11) is 0. The second kappa shape index (κ2) is 8.02. The highest BCUT2D eigenvalue weighted by atomic mass is 32.2. The highest BCUT2D eigenvalue weighted by Gasteiger charge is 2.23. The number of hydrogen-bond donors (Lipinski definition) is 0. The Hall–Kier alpha value is -1.01. The van der Waals surface area contributed by atoms with E-state index in [-0.39, 0.29) is 0 Å². The maximum Gasteiger partial charge on any atom is 0.232 e. The molecule has 0 unspecified atom stereocenters. The van der Waals surface area contributed by atoms with Crippen molar-refractivity contribution in [2.24, 2.45) is 0 Å².